The van der Waals surface area contributed by atoms with Gasteiger partial charge in [0.1, 0.15) is 25.0 Å². The molecule has 0 radical (unpaired) electrons. The van der Waals surface area contributed by atoms with Gasteiger partial charge in [-0.05, 0) is 43.7 Å². The molecular weight excluding hydrogens is 408 g/mol. The first kappa shape index (κ1) is 21.8. The SMILES string of the molecule is COc1cccc(N([C@H](C)C(=O)N[C@@H](C)c2ccc3c(c2)OCCO3)S(C)(=O)=O)c1. The van der Waals surface area contributed by atoms with Crippen molar-refractivity contribution in [3.63, 3.8) is 0 Å². The van der Waals surface area contributed by atoms with E-state index in [4.69, 9.17) is 14.2 Å². The maximum atomic E-state index is 12.9. The largest absolute Gasteiger partial charge is 0.497 e. The van der Waals surface area contributed by atoms with Crippen LogP contribution in [0, 0.1) is 0 Å². The van der Waals surface area contributed by atoms with Gasteiger partial charge in [-0.15, -0.1) is 0 Å². The second-order valence-corrected chi connectivity index (χ2v) is 8.93. The predicted molar refractivity (Wildman–Crippen MR) is 114 cm³/mol. The molecule has 0 aliphatic carbocycles. The Morgan fingerprint density at radius 2 is 1.80 bits per heavy atom. The van der Waals surface area contributed by atoms with Gasteiger partial charge in [0.15, 0.2) is 11.5 Å². The summed E-state index contributed by atoms with van der Waals surface area (Å²) in [6.45, 7) is 4.35. The Morgan fingerprint density at radius 1 is 1.10 bits per heavy atom. The molecule has 3 rings (SSSR count). The number of sulfonamides is 1. The summed E-state index contributed by atoms with van der Waals surface area (Å²) in [4.78, 5) is 12.9. The highest BCUT2D eigenvalue weighted by Crippen LogP contribution is 2.32. The summed E-state index contributed by atoms with van der Waals surface area (Å²) >= 11 is 0. The summed E-state index contributed by atoms with van der Waals surface area (Å²) in [5.74, 6) is 1.37. The molecule has 0 saturated heterocycles. The minimum atomic E-state index is -3.72. The van der Waals surface area contributed by atoms with Gasteiger partial charge in [0.25, 0.3) is 0 Å². The Hall–Kier alpha value is -2.94. The van der Waals surface area contributed by atoms with Gasteiger partial charge in [-0.25, -0.2) is 8.42 Å². The number of rotatable bonds is 7. The van der Waals surface area contributed by atoms with Crippen molar-refractivity contribution in [1.29, 1.82) is 0 Å². The molecule has 30 heavy (non-hydrogen) atoms. The van der Waals surface area contributed by atoms with Gasteiger partial charge in [0.2, 0.25) is 15.9 Å². The van der Waals surface area contributed by atoms with Crippen molar-refractivity contribution in [3.05, 3.63) is 48.0 Å². The van der Waals surface area contributed by atoms with Crippen LogP contribution in [0.5, 0.6) is 17.2 Å². The molecule has 2 aromatic carbocycles. The monoisotopic (exact) mass is 434 g/mol. The van der Waals surface area contributed by atoms with Crippen LogP contribution in [-0.2, 0) is 14.8 Å². The number of amides is 1. The van der Waals surface area contributed by atoms with Crippen molar-refractivity contribution in [2.75, 3.05) is 30.9 Å². The highest BCUT2D eigenvalue weighted by Gasteiger charge is 2.30. The van der Waals surface area contributed by atoms with Crippen LogP contribution in [0.2, 0.25) is 0 Å². The summed E-state index contributed by atoms with van der Waals surface area (Å²) in [6, 6.07) is 10.7. The van der Waals surface area contributed by atoms with E-state index in [0.717, 1.165) is 16.1 Å². The zero-order valence-corrected chi connectivity index (χ0v) is 18.2. The van der Waals surface area contributed by atoms with Gasteiger partial charge in [-0.3, -0.25) is 9.10 Å². The maximum Gasteiger partial charge on any atom is 0.244 e. The molecule has 0 aromatic heterocycles. The molecule has 1 aliphatic heterocycles. The van der Waals surface area contributed by atoms with Crippen LogP contribution in [0.15, 0.2) is 42.5 Å². The fourth-order valence-electron chi connectivity index (χ4n) is 3.30. The van der Waals surface area contributed by atoms with Crippen LogP contribution in [0.25, 0.3) is 0 Å². The standard InChI is InChI=1S/C21H26N2O6S/c1-14(16-8-9-19-20(12-16)29-11-10-28-19)22-21(24)15(2)23(30(4,25)26)17-6-5-7-18(13-17)27-3/h5-9,12-15H,10-11H2,1-4H3,(H,22,24)/t14-,15+/m0/s1. The number of carbonyl (C=O) groups is 1. The van der Waals surface area contributed by atoms with Crippen molar-refractivity contribution in [2.45, 2.75) is 25.9 Å². The van der Waals surface area contributed by atoms with E-state index < -0.39 is 22.0 Å². The van der Waals surface area contributed by atoms with Crippen LogP contribution in [0.1, 0.15) is 25.5 Å². The third kappa shape index (κ3) is 4.79. The highest BCUT2D eigenvalue weighted by molar-refractivity contribution is 7.92. The van der Waals surface area contributed by atoms with Crippen molar-refractivity contribution < 1.29 is 27.4 Å². The molecule has 0 bridgehead atoms. The van der Waals surface area contributed by atoms with Crippen LogP contribution in [0.4, 0.5) is 5.69 Å². The molecule has 1 amide bonds. The van der Waals surface area contributed by atoms with Gasteiger partial charge in [-0.1, -0.05) is 12.1 Å². The number of fused-ring (bicyclic) bond motifs is 1. The summed E-state index contributed by atoms with van der Waals surface area (Å²) < 4.78 is 42.3. The molecule has 1 aliphatic rings. The van der Waals surface area contributed by atoms with E-state index in [2.05, 4.69) is 5.32 Å². The number of hydrogen-bond acceptors (Lipinski definition) is 6. The summed E-state index contributed by atoms with van der Waals surface area (Å²) in [7, 11) is -2.22. The number of anilines is 1. The van der Waals surface area contributed by atoms with Gasteiger partial charge in [0.05, 0.1) is 25.1 Å². The minimum absolute atomic E-state index is 0.353. The fraction of sp³-hybridized carbons (Fsp3) is 0.381. The van der Waals surface area contributed by atoms with E-state index >= 15 is 0 Å². The Kier molecular flexibility index (Phi) is 6.40. The fourth-order valence-corrected chi connectivity index (χ4v) is 4.47. The average Bonchev–Trinajstić information content (AvgIpc) is 2.72. The lowest BCUT2D eigenvalue weighted by atomic mass is 10.1. The zero-order chi connectivity index (χ0) is 21.9. The number of carbonyl (C=O) groups excluding carboxylic acids is 1. The quantitative estimate of drug-likeness (QED) is 0.720. The van der Waals surface area contributed by atoms with Crippen LogP contribution >= 0.6 is 0 Å². The predicted octanol–water partition coefficient (Wildman–Crippen LogP) is 2.50. The lowest BCUT2D eigenvalue weighted by Crippen LogP contribution is -2.48. The van der Waals surface area contributed by atoms with Crippen LogP contribution in [0.3, 0.4) is 0 Å². The van der Waals surface area contributed by atoms with E-state index in [1.807, 2.05) is 19.1 Å². The number of hydrogen-bond donors (Lipinski definition) is 1. The molecule has 2 aromatic rings. The Balaban J connectivity index is 1.80. The zero-order valence-electron chi connectivity index (χ0n) is 17.4. The number of nitrogens with zero attached hydrogens (tertiary/aromatic N) is 1. The smallest absolute Gasteiger partial charge is 0.244 e. The lowest BCUT2D eigenvalue weighted by molar-refractivity contribution is -0.122. The van der Waals surface area contributed by atoms with E-state index in [1.165, 1.54) is 7.11 Å². The summed E-state index contributed by atoms with van der Waals surface area (Å²) in [5.41, 5.74) is 1.18. The first-order valence-corrected chi connectivity index (χ1v) is 11.4. The Labute approximate surface area is 176 Å². The second kappa shape index (κ2) is 8.83. The van der Waals surface area contributed by atoms with Crippen molar-refractivity contribution in [2.24, 2.45) is 0 Å². The summed E-state index contributed by atoms with van der Waals surface area (Å²) in [5, 5.41) is 2.88. The van der Waals surface area contributed by atoms with E-state index in [-0.39, 0.29) is 6.04 Å². The molecule has 0 spiro atoms. The van der Waals surface area contributed by atoms with E-state index in [9.17, 15) is 13.2 Å². The van der Waals surface area contributed by atoms with Crippen LogP contribution in [-0.4, -0.2) is 46.9 Å². The molecule has 0 fully saturated rings. The highest BCUT2D eigenvalue weighted by atomic mass is 32.2. The van der Waals surface area contributed by atoms with Crippen molar-refractivity contribution in [3.8, 4) is 17.2 Å². The lowest BCUT2D eigenvalue weighted by Gasteiger charge is -2.29. The molecule has 0 unspecified atom stereocenters. The maximum absolute atomic E-state index is 12.9. The topological polar surface area (TPSA) is 94.2 Å². The number of methoxy groups -OCH3 is 1. The molecule has 2 atom stereocenters. The Bertz CT molecular complexity index is 1020. The molecular formula is C21H26N2O6S. The molecule has 162 valence electrons. The van der Waals surface area contributed by atoms with Crippen molar-refractivity contribution >= 4 is 21.6 Å². The average molecular weight is 435 g/mol. The minimum Gasteiger partial charge on any atom is -0.497 e. The van der Waals surface area contributed by atoms with E-state index in [0.29, 0.717) is 36.1 Å². The number of benzene rings is 2. The normalized spacial score (nSPS) is 15.1. The number of nitrogens with one attached hydrogen (secondary N) is 1. The first-order valence-electron chi connectivity index (χ1n) is 9.54. The third-order valence-corrected chi connectivity index (χ3v) is 6.06. The Morgan fingerprint density at radius 3 is 2.47 bits per heavy atom. The van der Waals surface area contributed by atoms with Gasteiger partial charge >= 0.3 is 0 Å². The second-order valence-electron chi connectivity index (χ2n) is 7.07. The molecule has 0 saturated carbocycles. The van der Waals surface area contributed by atoms with Gasteiger partial charge < -0.3 is 19.5 Å². The van der Waals surface area contributed by atoms with Gasteiger partial charge in [0, 0.05) is 6.07 Å². The molecule has 9 heteroatoms. The molecule has 1 heterocycles. The van der Waals surface area contributed by atoms with Crippen molar-refractivity contribution in [1.82, 2.24) is 5.32 Å². The van der Waals surface area contributed by atoms with Crippen LogP contribution < -0.4 is 23.8 Å². The van der Waals surface area contributed by atoms with Gasteiger partial charge in [-0.2, -0.15) is 0 Å². The third-order valence-electron chi connectivity index (χ3n) is 4.82. The van der Waals surface area contributed by atoms with E-state index in [1.54, 1.807) is 37.3 Å². The molecule has 1 N–H and O–H groups in total. The number of ether oxygens (including phenoxy) is 3. The summed E-state index contributed by atoms with van der Waals surface area (Å²) in [6.07, 6.45) is 1.07. The first-order chi connectivity index (χ1) is 14.2. The molecule has 8 nitrogen and oxygen atoms in total.